The summed E-state index contributed by atoms with van der Waals surface area (Å²) in [5, 5.41) is 4.90. The summed E-state index contributed by atoms with van der Waals surface area (Å²) in [6.07, 6.45) is 3.67. The molecule has 0 spiro atoms. The molecule has 1 saturated carbocycles. The molecule has 0 aromatic carbocycles. The van der Waals surface area contributed by atoms with Crippen molar-refractivity contribution in [2.75, 3.05) is 5.32 Å². The Morgan fingerprint density at radius 3 is 3.00 bits per heavy atom. The molecule has 0 atom stereocenters. The predicted molar refractivity (Wildman–Crippen MR) is 68.4 cm³/mol. The molecule has 0 amide bonds. The lowest BCUT2D eigenvalue weighted by molar-refractivity contribution is 0.454. The quantitative estimate of drug-likeness (QED) is 0.836. The number of hydrogen-bond donors (Lipinski definition) is 1. The third-order valence-electron chi connectivity index (χ3n) is 2.87. The lowest BCUT2D eigenvalue weighted by Crippen LogP contribution is -2.36. The van der Waals surface area contributed by atoms with Crippen LogP contribution in [-0.4, -0.2) is 21.4 Å². The highest BCUT2D eigenvalue weighted by molar-refractivity contribution is 7.18. The number of alkyl halides is 1. The Balaban J connectivity index is 1.90. The molecule has 5 heteroatoms. The molecule has 0 bridgehead atoms. The average Bonchev–Trinajstić information content (AvgIpc) is 2.57. The van der Waals surface area contributed by atoms with E-state index in [2.05, 4.69) is 28.3 Å². The van der Waals surface area contributed by atoms with Crippen molar-refractivity contribution >= 4 is 39.0 Å². The van der Waals surface area contributed by atoms with Gasteiger partial charge in [-0.3, -0.25) is 0 Å². The number of nitrogens with zero attached hydrogens (tertiary/aromatic N) is 2. The molecule has 1 N–H and O–H groups in total. The molecule has 0 aliphatic heterocycles. The summed E-state index contributed by atoms with van der Waals surface area (Å²) >= 11 is 7.66. The lowest BCUT2D eigenvalue weighted by atomic mass is 9.92. The van der Waals surface area contributed by atoms with Gasteiger partial charge in [0.05, 0.1) is 5.39 Å². The van der Waals surface area contributed by atoms with E-state index in [0.717, 1.165) is 28.9 Å². The average molecular weight is 254 g/mol. The zero-order valence-corrected chi connectivity index (χ0v) is 10.5. The minimum absolute atomic E-state index is 0.332. The zero-order chi connectivity index (χ0) is 11.1. The summed E-state index contributed by atoms with van der Waals surface area (Å²) in [6.45, 7) is 2.09. The monoisotopic (exact) mass is 253 g/mol. The first-order valence-electron chi connectivity index (χ1n) is 5.34. The molecule has 0 saturated heterocycles. The molecular weight excluding hydrogens is 242 g/mol. The van der Waals surface area contributed by atoms with Gasteiger partial charge in [0.15, 0.2) is 0 Å². The molecule has 1 fully saturated rings. The third kappa shape index (κ3) is 1.76. The van der Waals surface area contributed by atoms with Gasteiger partial charge in [0.2, 0.25) is 0 Å². The van der Waals surface area contributed by atoms with Gasteiger partial charge in [-0.15, -0.1) is 22.9 Å². The Bertz CT molecular complexity index is 519. The lowest BCUT2D eigenvalue weighted by Gasteiger charge is -2.32. The Morgan fingerprint density at radius 2 is 2.25 bits per heavy atom. The van der Waals surface area contributed by atoms with E-state index >= 15 is 0 Å². The molecule has 16 heavy (non-hydrogen) atoms. The maximum absolute atomic E-state index is 5.96. The summed E-state index contributed by atoms with van der Waals surface area (Å²) in [5.41, 5.74) is 0. The molecule has 1 aliphatic rings. The molecule has 2 aromatic rings. The topological polar surface area (TPSA) is 37.8 Å². The summed E-state index contributed by atoms with van der Waals surface area (Å²) in [5.74, 6) is 0.947. The van der Waals surface area contributed by atoms with Crippen molar-refractivity contribution in [3.63, 3.8) is 0 Å². The maximum Gasteiger partial charge on any atom is 0.138 e. The van der Waals surface area contributed by atoms with Crippen molar-refractivity contribution in [1.29, 1.82) is 0 Å². The van der Waals surface area contributed by atoms with Gasteiger partial charge in [0.25, 0.3) is 0 Å². The van der Waals surface area contributed by atoms with E-state index < -0.39 is 0 Å². The van der Waals surface area contributed by atoms with Crippen molar-refractivity contribution in [2.24, 2.45) is 0 Å². The number of nitrogens with one attached hydrogen (secondary N) is 1. The fraction of sp³-hybridized carbons (Fsp3) is 0.455. The summed E-state index contributed by atoms with van der Waals surface area (Å²) < 4.78 is 0. The minimum Gasteiger partial charge on any atom is -0.367 e. The second kappa shape index (κ2) is 3.86. The van der Waals surface area contributed by atoms with Crippen LogP contribution in [-0.2, 0) is 0 Å². The molecule has 0 unspecified atom stereocenters. The van der Waals surface area contributed by atoms with E-state index in [-0.39, 0.29) is 0 Å². The molecule has 1 aliphatic carbocycles. The van der Waals surface area contributed by atoms with Crippen molar-refractivity contribution < 1.29 is 0 Å². The number of hydrogen-bond acceptors (Lipinski definition) is 4. The number of rotatable bonds is 2. The Kier molecular flexibility index (Phi) is 2.48. The number of aromatic nitrogens is 2. The maximum atomic E-state index is 5.96. The minimum atomic E-state index is 0.332. The first-order valence-corrected chi connectivity index (χ1v) is 6.59. The first kappa shape index (κ1) is 10.3. The van der Waals surface area contributed by atoms with Crippen LogP contribution in [0.3, 0.4) is 0 Å². The number of aryl methyl sites for hydroxylation is 1. The molecule has 2 aromatic heterocycles. The largest absolute Gasteiger partial charge is 0.367 e. The summed E-state index contributed by atoms with van der Waals surface area (Å²) in [7, 11) is 0. The van der Waals surface area contributed by atoms with Crippen LogP contribution < -0.4 is 5.32 Å². The van der Waals surface area contributed by atoms with Gasteiger partial charge in [-0.1, -0.05) is 0 Å². The van der Waals surface area contributed by atoms with Gasteiger partial charge in [0.1, 0.15) is 17.0 Å². The zero-order valence-electron chi connectivity index (χ0n) is 8.90. The van der Waals surface area contributed by atoms with Crippen LogP contribution >= 0.6 is 22.9 Å². The SMILES string of the molecule is Cc1cc2c(NC3CC(Cl)C3)ncnc2s1. The molecule has 84 valence electrons. The summed E-state index contributed by atoms with van der Waals surface area (Å²) in [4.78, 5) is 10.9. The van der Waals surface area contributed by atoms with Gasteiger partial charge < -0.3 is 5.32 Å². The fourth-order valence-corrected chi connectivity index (χ4v) is 3.23. The summed E-state index contributed by atoms with van der Waals surface area (Å²) in [6, 6.07) is 2.61. The Hall–Kier alpha value is -0.870. The highest BCUT2D eigenvalue weighted by atomic mass is 35.5. The number of fused-ring (bicyclic) bond motifs is 1. The highest BCUT2D eigenvalue weighted by Gasteiger charge is 2.27. The van der Waals surface area contributed by atoms with Crippen molar-refractivity contribution in [1.82, 2.24) is 9.97 Å². The second-order valence-electron chi connectivity index (χ2n) is 4.21. The molecule has 0 radical (unpaired) electrons. The number of thiophene rings is 1. The van der Waals surface area contributed by atoms with E-state index in [0.29, 0.717) is 11.4 Å². The van der Waals surface area contributed by atoms with Crippen molar-refractivity contribution in [3.05, 3.63) is 17.3 Å². The van der Waals surface area contributed by atoms with Crippen LogP contribution in [0.2, 0.25) is 0 Å². The van der Waals surface area contributed by atoms with Gasteiger partial charge >= 0.3 is 0 Å². The van der Waals surface area contributed by atoms with Crippen LogP contribution in [0, 0.1) is 6.92 Å². The van der Waals surface area contributed by atoms with E-state index in [9.17, 15) is 0 Å². The fourth-order valence-electron chi connectivity index (χ4n) is 1.95. The van der Waals surface area contributed by atoms with Crippen LogP contribution in [0.15, 0.2) is 12.4 Å². The number of anilines is 1. The third-order valence-corrected chi connectivity index (χ3v) is 4.19. The standard InChI is InChI=1S/C11H12ClN3S/c1-6-2-9-10(13-5-14-11(9)16-6)15-8-3-7(12)4-8/h2,5,7-8H,3-4H2,1H3,(H,13,14,15). The van der Waals surface area contributed by atoms with Gasteiger partial charge in [0, 0.05) is 16.3 Å². The number of halogens is 1. The van der Waals surface area contributed by atoms with E-state index in [1.165, 1.54) is 4.88 Å². The molecule has 3 rings (SSSR count). The van der Waals surface area contributed by atoms with Crippen molar-refractivity contribution in [2.45, 2.75) is 31.2 Å². The van der Waals surface area contributed by atoms with Crippen LogP contribution in [0.5, 0.6) is 0 Å². The van der Waals surface area contributed by atoms with Gasteiger partial charge in [-0.25, -0.2) is 9.97 Å². The normalized spacial score (nSPS) is 24.4. The molecule has 3 nitrogen and oxygen atoms in total. The van der Waals surface area contributed by atoms with E-state index in [1.807, 2.05) is 0 Å². The first-order chi connectivity index (χ1) is 7.72. The Morgan fingerprint density at radius 1 is 1.44 bits per heavy atom. The second-order valence-corrected chi connectivity index (χ2v) is 6.06. The highest BCUT2D eigenvalue weighted by Crippen LogP contribution is 2.32. The predicted octanol–water partition coefficient (Wildman–Crippen LogP) is 3.18. The van der Waals surface area contributed by atoms with Crippen LogP contribution in [0.1, 0.15) is 17.7 Å². The van der Waals surface area contributed by atoms with E-state index in [4.69, 9.17) is 11.6 Å². The van der Waals surface area contributed by atoms with Gasteiger partial charge in [-0.2, -0.15) is 0 Å². The Labute approximate surface area is 103 Å². The smallest absolute Gasteiger partial charge is 0.138 e. The van der Waals surface area contributed by atoms with Crippen molar-refractivity contribution in [3.8, 4) is 0 Å². The van der Waals surface area contributed by atoms with Crippen LogP contribution in [0.25, 0.3) is 10.2 Å². The van der Waals surface area contributed by atoms with Crippen LogP contribution in [0.4, 0.5) is 5.82 Å². The van der Waals surface area contributed by atoms with E-state index in [1.54, 1.807) is 17.7 Å². The van der Waals surface area contributed by atoms with Gasteiger partial charge in [-0.05, 0) is 25.8 Å². The molecular formula is C11H12ClN3S. The molecule has 2 heterocycles.